The molecule has 0 spiro atoms. The highest BCUT2D eigenvalue weighted by Crippen LogP contribution is 2.27. The molecule has 2 aromatic carbocycles. The van der Waals surface area contributed by atoms with Gasteiger partial charge < -0.3 is 5.32 Å². The third-order valence-corrected chi connectivity index (χ3v) is 3.58. The molecule has 106 valence electrons. The lowest BCUT2D eigenvalue weighted by Gasteiger charge is -2.17. The number of rotatable bonds is 5. The van der Waals surface area contributed by atoms with Crippen LogP contribution in [0.25, 0.3) is 11.1 Å². The number of hydrogen-bond donors (Lipinski definition) is 1. The fraction of sp³-hybridized carbons (Fsp3) is 0.333. The summed E-state index contributed by atoms with van der Waals surface area (Å²) in [5, 5.41) is 3.46. The minimum absolute atomic E-state index is 0.163. The van der Waals surface area contributed by atoms with Gasteiger partial charge in [0.2, 0.25) is 0 Å². The number of halogens is 1. The van der Waals surface area contributed by atoms with Crippen LogP contribution < -0.4 is 5.32 Å². The molecule has 1 atom stereocenters. The zero-order chi connectivity index (χ0) is 14.5. The van der Waals surface area contributed by atoms with Crippen LogP contribution in [-0.2, 0) is 0 Å². The van der Waals surface area contributed by atoms with Crippen molar-refractivity contribution in [2.75, 3.05) is 6.54 Å². The molecule has 0 aliphatic rings. The van der Waals surface area contributed by atoms with E-state index in [0.29, 0.717) is 11.6 Å². The lowest BCUT2D eigenvalue weighted by molar-refractivity contribution is 0.537. The first kappa shape index (κ1) is 14.7. The maximum atomic E-state index is 14.0. The summed E-state index contributed by atoms with van der Waals surface area (Å²) in [6, 6.07) is 13.8. The zero-order valence-corrected chi connectivity index (χ0v) is 12.4. The Balaban J connectivity index is 2.41. The molecule has 0 fully saturated rings. The van der Waals surface area contributed by atoms with Crippen LogP contribution in [0.15, 0.2) is 42.5 Å². The first-order valence-electron chi connectivity index (χ1n) is 7.25. The lowest BCUT2D eigenvalue weighted by atomic mass is 9.97. The van der Waals surface area contributed by atoms with E-state index in [1.807, 2.05) is 25.1 Å². The highest BCUT2D eigenvalue weighted by Gasteiger charge is 2.10. The molecule has 2 rings (SSSR count). The minimum atomic E-state index is -0.163. The van der Waals surface area contributed by atoms with Crippen LogP contribution in [0.2, 0.25) is 0 Å². The van der Waals surface area contributed by atoms with Crippen molar-refractivity contribution < 1.29 is 4.39 Å². The molecular weight excluding hydrogens is 249 g/mol. The van der Waals surface area contributed by atoms with Crippen LogP contribution >= 0.6 is 0 Å². The molecule has 1 unspecified atom stereocenters. The summed E-state index contributed by atoms with van der Waals surface area (Å²) < 4.78 is 14.0. The van der Waals surface area contributed by atoms with Gasteiger partial charge >= 0.3 is 0 Å². The van der Waals surface area contributed by atoms with E-state index in [9.17, 15) is 4.39 Å². The molecule has 0 bridgehead atoms. The predicted molar refractivity (Wildman–Crippen MR) is 83.3 cm³/mol. The molecule has 0 aromatic heterocycles. The summed E-state index contributed by atoms with van der Waals surface area (Å²) in [6.45, 7) is 7.18. The van der Waals surface area contributed by atoms with Gasteiger partial charge in [0, 0.05) is 11.6 Å². The summed E-state index contributed by atoms with van der Waals surface area (Å²) in [4.78, 5) is 0. The van der Waals surface area contributed by atoms with Crippen molar-refractivity contribution in [2.45, 2.75) is 33.2 Å². The molecule has 20 heavy (non-hydrogen) atoms. The van der Waals surface area contributed by atoms with Crippen molar-refractivity contribution in [3.8, 4) is 11.1 Å². The second kappa shape index (κ2) is 6.67. The number of benzene rings is 2. The highest BCUT2D eigenvalue weighted by atomic mass is 19.1. The first-order chi connectivity index (χ1) is 9.65. The normalized spacial score (nSPS) is 12.4. The van der Waals surface area contributed by atoms with Crippen LogP contribution in [0.4, 0.5) is 4.39 Å². The average molecular weight is 271 g/mol. The van der Waals surface area contributed by atoms with Gasteiger partial charge in [0.15, 0.2) is 0 Å². The molecule has 0 radical (unpaired) electrons. The summed E-state index contributed by atoms with van der Waals surface area (Å²) in [7, 11) is 0. The third kappa shape index (κ3) is 3.26. The van der Waals surface area contributed by atoms with Gasteiger partial charge in [-0.3, -0.25) is 0 Å². The summed E-state index contributed by atoms with van der Waals surface area (Å²) in [5.41, 5.74) is 3.91. The summed E-state index contributed by atoms with van der Waals surface area (Å²) in [5.74, 6) is -0.163. The van der Waals surface area contributed by atoms with Crippen molar-refractivity contribution in [2.24, 2.45) is 0 Å². The summed E-state index contributed by atoms with van der Waals surface area (Å²) in [6.07, 6.45) is 1.02. The van der Waals surface area contributed by atoms with Gasteiger partial charge in [0.1, 0.15) is 5.82 Å². The van der Waals surface area contributed by atoms with Gasteiger partial charge in [0.05, 0.1) is 0 Å². The molecule has 2 aromatic rings. The highest BCUT2D eigenvalue weighted by molar-refractivity contribution is 5.65. The molecule has 1 N–H and O–H groups in total. The van der Waals surface area contributed by atoms with Gasteiger partial charge in [-0.2, -0.15) is 0 Å². The zero-order valence-electron chi connectivity index (χ0n) is 12.4. The van der Waals surface area contributed by atoms with E-state index in [0.717, 1.165) is 24.1 Å². The van der Waals surface area contributed by atoms with E-state index in [4.69, 9.17) is 0 Å². The van der Waals surface area contributed by atoms with Gasteiger partial charge in [0.25, 0.3) is 0 Å². The molecule has 1 nitrogen and oxygen atoms in total. The van der Waals surface area contributed by atoms with Gasteiger partial charge in [-0.1, -0.05) is 43.7 Å². The third-order valence-electron chi connectivity index (χ3n) is 3.58. The average Bonchev–Trinajstić information content (AvgIpc) is 2.47. The van der Waals surface area contributed by atoms with Crippen LogP contribution in [0.5, 0.6) is 0 Å². The van der Waals surface area contributed by atoms with Gasteiger partial charge in [-0.25, -0.2) is 4.39 Å². The van der Waals surface area contributed by atoms with Gasteiger partial charge in [-0.05, 0) is 49.2 Å². The van der Waals surface area contributed by atoms with E-state index < -0.39 is 0 Å². The second-order valence-electron chi connectivity index (χ2n) is 5.13. The quantitative estimate of drug-likeness (QED) is 0.818. The molecule has 0 saturated heterocycles. The maximum Gasteiger partial charge on any atom is 0.131 e. The van der Waals surface area contributed by atoms with Crippen LogP contribution in [0, 0.1) is 12.7 Å². The monoisotopic (exact) mass is 271 g/mol. The molecule has 0 aliphatic heterocycles. The lowest BCUT2D eigenvalue weighted by Crippen LogP contribution is -2.19. The van der Waals surface area contributed by atoms with E-state index >= 15 is 0 Å². The van der Waals surface area contributed by atoms with Crippen molar-refractivity contribution in [1.82, 2.24) is 5.32 Å². The van der Waals surface area contributed by atoms with Gasteiger partial charge in [-0.15, -0.1) is 0 Å². The van der Waals surface area contributed by atoms with E-state index in [1.54, 1.807) is 12.1 Å². The molecular formula is C18H22FN. The van der Waals surface area contributed by atoms with Crippen LogP contribution in [0.3, 0.4) is 0 Å². The molecule has 0 saturated carbocycles. The Morgan fingerprint density at radius 2 is 1.90 bits per heavy atom. The van der Waals surface area contributed by atoms with Crippen LogP contribution in [0.1, 0.15) is 37.4 Å². The second-order valence-corrected chi connectivity index (χ2v) is 5.13. The molecule has 0 aliphatic carbocycles. The van der Waals surface area contributed by atoms with Crippen molar-refractivity contribution in [3.05, 3.63) is 59.4 Å². The Morgan fingerprint density at radius 3 is 2.60 bits per heavy atom. The number of hydrogen-bond acceptors (Lipinski definition) is 1. The van der Waals surface area contributed by atoms with Crippen molar-refractivity contribution in [3.63, 3.8) is 0 Å². The Labute approximate surface area is 120 Å². The number of aryl methyl sites for hydroxylation is 1. The smallest absolute Gasteiger partial charge is 0.131 e. The molecule has 2 heteroatoms. The van der Waals surface area contributed by atoms with E-state index in [-0.39, 0.29) is 5.82 Å². The Hall–Kier alpha value is -1.67. The van der Waals surface area contributed by atoms with E-state index in [1.165, 1.54) is 5.56 Å². The fourth-order valence-corrected chi connectivity index (χ4v) is 2.53. The molecule has 0 heterocycles. The van der Waals surface area contributed by atoms with Crippen molar-refractivity contribution in [1.29, 1.82) is 0 Å². The molecule has 0 amide bonds. The standard InChI is InChI=1S/C18H22FN/c1-4-18(20-5-2)15-8-6-7-14(12-15)16-11-13(3)9-10-17(16)19/h6-12,18,20H,4-5H2,1-3H3. The fourth-order valence-electron chi connectivity index (χ4n) is 2.53. The van der Waals surface area contributed by atoms with Crippen LogP contribution in [-0.4, -0.2) is 6.54 Å². The van der Waals surface area contributed by atoms with E-state index in [2.05, 4.69) is 31.3 Å². The summed E-state index contributed by atoms with van der Waals surface area (Å²) >= 11 is 0. The Bertz CT molecular complexity index is 577. The Kier molecular flexibility index (Phi) is 4.91. The number of nitrogens with one attached hydrogen (secondary N) is 1. The SMILES string of the molecule is CCNC(CC)c1cccc(-c2cc(C)ccc2F)c1. The van der Waals surface area contributed by atoms with Crippen molar-refractivity contribution >= 4 is 0 Å². The Morgan fingerprint density at radius 1 is 1.10 bits per heavy atom. The minimum Gasteiger partial charge on any atom is -0.310 e. The topological polar surface area (TPSA) is 12.0 Å². The largest absolute Gasteiger partial charge is 0.310 e. The first-order valence-corrected chi connectivity index (χ1v) is 7.25. The maximum absolute atomic E-state index is 14.0. The predicted octanol–water partition coefficient (Wildman–Crippen LogP) is 4.86.